The summed E-state index contributed by atoms with van der Waals surface area (Å²) in [7, 11) is 0. The van der Waals surface area contributed by atoms with Gasteiger partial charge in [-0.2, -0.15) is 0 Å². The summed E-state index contributed by atoms with van der Waals surface area (Å²) < 4.78 is 13.2. The molecule has 1 amide bonds. The van der Waals surface area contributed by atoms with Gasteiger partial charge in [0.1, 0.15) is 0 Å². The predicted molar refractivity (Wildman–Crippen MR) is 169 cm³/mol. The van der Waals surface area contributed by atoms with E-state index in [4.69, 9.17) is 14.6 Å². The number of aliphatic hydroxyl groups is 1. The Morgan fingerprint density at radius 2 is 1.55 bits per heavy atom. The second-order valence-corrected chi connectivity index (χ2v) is 11.9. The van der Waals surface area contributed by atoms with Crippen LogP contribution in [0.5, 0.6) is 0 Å². The van der Waals surface area contributed by atoms with Gasteiger partial charge in [-0.3, -0.25) is 9.59 Å². The van der Waals surface area contributed by atoms with Gasteiger partial charge in [0.2, 0.25) is 5.91 Å². The standard InChI is InChI=1S/C36H44N2O6/c39-25-26-14-16-28(17-15-26)33-22-32(24-38-18-4-1-5-19-38)43-36(44-33)31-11-7-10-30(21-31)29-9-6-8-27(20-29)23-37-34(40)12-2-3-13-35(41)42/h6-11,14-17,20-21,32-33,36,39H,1-5,12-13,18-19,22-25H2,(H,37,40)(H,41,42)/t32-,33+,36+/m0/s1. The molecule has 0 bridgehead atoms. The molecule has 44 heavy (non-hydrogen) atoms. The lowest BCUT2D eigenvalue weighted by molar-refractivity contribution is -0.253. The first kappa shape index (κ1) is 31.9. The maximum atomic E-state index is 12.2. The summed E-state index contributed by atoms with van der Waals surface area (Å²) >= 11 is 0. The van der Waals surface area contributed by atoms with E-state index in [1.165, 1.54) is 19.3 Å². The minimum absolute atomic E-state index is 0.0179. The van der Waals surface area contributed by atoms with Crippen molar-refractivity contribution in [1.29, 1.82) is 0 Å². The van der Waals surface area contributed by atoms with Gasteiger partial charge in [0.05, 0.1) is 18.8 Å². The highest BCUT2D eigenvalue weighted by molar-refractivity contribution is 5.76. The summed E-state index contributed by atoms with van der Waals surface area (Å²) in [6.45, 7) is 3.54. The second-order valence-electron chi connectivity index (χ2n) is 11.9. The van der Waals surface area contributed by atoms with Crippen molar-refractivity contribution in [2.75, 3.05) is 19.6 Å². The molecule has 2 fully saturated rings. The number of carbonyl (C=O) groups is 2. The summed E-state index contributed by atoms with van der Waals surface area (Å²) in [4.78, 5) is 25.4. The van der Waals surface area contributed by atoms with E-state index in [1.807, 2.05) is 42.5 Å². The number of carboxylic acid groups (broad SMARTS) is 1. The number of benzene rings is 3. The molecule has 8 heteroatoms. The van der Waals surface area contributed by atoms with Crippen LogP contribution >= 0.6 is 0 Å². The summed E-state index contributed by atoms with van der Waals surface area (Å²) in [6, 6.07) is 24.4. The first-order chi connectivity index (χ1) is 21.5. The average molecular weight is 601 g/mol. The molecule has 0 spiro atoms. The number of nitrogens with zero attached hydrogens (tertiary/aromatic N) is 1. The monoisotopic (exact) mass is 600 g/mol. The molecule has 3 aromatic carbocycles. The molecule has 0 radical (unpaired) electrons. The Labute approximate surface area is 260 Å². The van der Waals surface area contributed by atoms with E-state index in [-0.39, 0.29) is 31.1 Å². The van der Waals surface area contributed by atoms with Crippen molar-refractivity contribution in [2.24, 2.45) is 0 Å². The molecular weight excluding hydrogens is 556 g/mol. The Hall–Kier alpha value is -3.56. The Morgan fingerprint density at radius 1 is 0.818 bits per heavy atom. The lowest BCUT2D eigenvalue weighted by Crippen LogP contribution is -2.41. The largest absolute Gasteiger partial charge is 0.481 e. The maximum absolute atomic E-state index is 12.2. The zero-order chi connectivity index (χ0) is 30.7. The van der Waals surface area contributed by atoms with Crippen LogP contribution in [0, 0.1) is 0 Å². The SMILES string of the molecule is O=C(O)CCCCC(=O)NCc1cccc(-c2cccc([C@@H]3O[C@H](CN4CCCCC4)C[C@H](c4ccc(CO)cc4)O3)c2)c1. The van der Waals surface area contributed by atoms with Gasteiger partial charge >= 0.3 is 5.97 Å². The minimum atomic E-state index is -0.835. The normalized spacial score (nSPS) is 20.7. The van der Waals surface area contributed by atoms with Crippen LogP contribution in [-0.4, -0.2) is 52.7 Å². The number of carboxylic acids is 1. The number of unbranched alkanes of at least 4 members (excludes halogenated alkanes) is 1. The molecule has 2 aliphatic heterocycles. The van der Waals surface area contributed by atoms with E-state index in [1.54, 1.807) is 0 Å². The molecule has 0 aromatic heterocycles. The third-order valence-corrected chi connectivity index (χ3v) is 8.48. The molecule has 3 atom stereocenters. The highest BCUT2D eigenvalue weighted by Crippen LogP contribution is 2.39. The molecule has 5 rings (SSSR count). The molecular formula is C36H44N2O6. The fourth-order valence-electron chi connectivity index (χ4n) is 6.04. The quantitative estimate of drug-likeness (QED) is 0.202. The fourth-order valence-corrected chi connectivity index (χ4v) is 6.04. The zero-order valence-electron chi connectivity index (χ0n) is 25.3. The molecule has 2 saturated heterocycles. The van der Waals surface area contributed by atoms with Crippen LogP contribution in [0.4, 0.5) is 0 Å². The van der Waals surface area contributed by atoms with E-state index in [9.17, 15) is 14.7 Å². The molecule has 0 saturated carbocycles. The summed E-state index contributed by atoms with van der Waals surface area (Å²) in [5.74, 6) is -0.910. The molecule has 2 heterocycles. The number of hydrogen-bond donors (Lipinski definition) is 3. The average Bonchev–Trinajstić information content (AvgIpc) is 3.06. The van der Waals surface area contributed by atoms with Crippen molar-refractivity contribution >= 4 is 11.9 Å². The van der Waals surface area contributed by atoms with Crippen molar-refractivity contribution in [1.82, 2.24) is 10.2 Å². The van der Waals surface area contributed by atoms with Gasteiger partial charge in [-0.05, 0) is 78.7 Å². The highest BCUT2D eigenvalue weighted by atomic mass is 16.7. The van der Waals surface area contributed by atoms with Crippen molar-refractivity contribution in [3.63, 3.8) is 0 Å². The molecule has 234 valence electrons. The van der Waals surface area contributed by atoms with Crippen molar-refractivity contribution < 1.29 is 29.3 Å². The predicted octanol–water partition coefficient (Wildman–Crippen LogP) is 6.14. The Morgan fingerprint density at radius 3 is 2.30 bits per heavy atom. The number of aliphatic carboxylic acids is 1. The van der Waals surface area contributed by atoms with Crippen LogP contribution in [0.3, 0.4) is 0 Å². The number of piperidine rings is 1. The number of hydrogen-bond acceptors (Lipinski definition) is 6. The van der Waals surface area contributed by atoms with Gasteiger partial charge in [-0.25, -0.2) is 0 Å². The van der Waals surface area contributed by atoms with Crippen LogP contribution < -0.4 is 5.32 Å². The lowest BCUT2D eigenvalue weighted by Gasteiger charge is -2.39. The third-order valence-electron chi connectivity index (χ3n) is 8.48. The molecule has 0 unspecified atom stereocenters. The van der Waals surface area contributed by atoms with E-state index >= 15 is 0 Å². The van der Waals surface area contributed by atoms with Gasteiger partial charge in [0.25, 0.3) is 0 Å². The summed E-state index contributed by atoms with van der Waals surface area (Å²) in [5.41, 5.74) is 6.00. The van der Waals surface area contributed by atoms with E-state index < -0.39 is 12.3 Å². The van der Waals surface area contributed by atoms with E-state index in [0.717, 1.165) is 59.4 Å². The zero-order valence-corrected chi connectivity index (χ0v) is 25.3. The van der Waals surface area contributed by atoms with Crippen LogP contribution in [0.2, 0.25) is 0 Å². The molecule has 0 aliphatic carbocycles. The minimum Gasteiger partial charge on any atom is -0.481 e. The van der Waals surface area contributed by atoms with Gasteiger partial charge in [-0.15, -0.1) is 0 Å². The first-order valence-corrected chi connectivity index (χ1v) is 15.9. The van der Waals surface area contributed by atoms with E-state index in [0.29, 0.717) is 25.8 Å². The van der Waals surface area contributed by atoms with Crippen molar-refractivity contribution in [3.8, 4) is 11.1 Å². The smallest absolute Gasteiger partial charge is 0.303 e. The van der Waals surface area contributed by atoms with Gasteiger partial charge < -0.3 is 29.9 Å². The molecule has 2 aliphatic rings. The Kier molecular flexibility index (Phi) is 11.5. The number of likely N-dealkylation sites (tertiary alicyclic amines) is 1. The number of amides is 1. The summed E-state index contributed by atoms with van der Waals surface area (Å²) in [5, 5.41) is 21.2. The number of carbonyl (C=O) groups excluding carboxylic acids is 1. The van der Waals surface area contributed by atoms with E-state index in [2.05, 4.69) is 40.5 Å². The maximum Gasteiger partial charge on any atom is 0.303 e. The van der Waals surface area contributed by atoms with Crippen LogP contribution in [0.25, 0.3) is 11.1 Å². The first-order valence-electron chi connectivity index (χ1n) is 15.9. The molecule has 3 aromatic rings. The summed E-state index contributed by atoms with van der Waals surface area (Å²) in [6.07, 6.45) is 5.41. The van der Waals surface area contributed by atoms with Gasteiger partial charge in [-0.1, -0.05) is 67.1 Å². The van der Waals surface area contributed by atoms with Crippen LogP contribution in [0.1, 0.15) is 86.0 Å². The highest BCUT2D eigenvalue weighted by Gasteiger charge is 2.33. The number of nitrogens with one attached hydrogen (secondary N) is 1. The number of rotatable bonds is 13. The number of ether oxygens (including phenoxy) is 2. The topological polar surface area (TPSA) is 108 Å². The van der Waals surface area contributed by atoms with Crippen molar-refractivity contribution in [2.45, 2.75) is 83.0 Å². The molecule has 3 N–H and O–H groups in total. The van der Waals surface area contributed by atoms with Gasteiger partial charge in [0, 0.05) is 37.9 Å². The van der Waals surface area contributed by atoms with Crippen LogP contribution in [-0.2, 0) is 32.2 Å². The van der Waals surface area contributed by atoms with Gasteiger partial charge in [0.15, 0.2) is 6.29 Å². The van der Waals surface area contributed by atoms with Crippen molar-refractivity contribution in [3.05, 3.63) is 95.1 Å². The number of aliphatic hydroxyl groups excluding tert-OH is 1. The Bertz CT molecular complexity index is 1370. The Balaban J connectivity index is 1.27. The molecule has 8 nitrogen and oxygen atoms in total. The second kappa shape index (κ2) is 16.0. The van der Waals surface area contributed by atoms with Crippen LogP contribution in [0.15, 0.2) is 72.8 Å². The lowest BCUT2D eigenvalue weighted by atomic mass is 9.98. The fraction of sp³-hybridized carbons (Fsp3) is 0.444. The third kappa shape index (κ3) is 9.22.